The van der Waals surface area contributed by atoms with Crippen LogP contribution in [0, 0.1) is 11.8 Å². The first kappa shape index (κ1) is 4.36. The monoisotopic (exact) mass is 113 g/mol. The Labute approximate surface area is 49.7 Å². The molecule has 2 rings (SSSR count). The Hall–Kier alpha value is -0.530. The van der Waals surface area contributed by atoms with Crippen LogP contribution in [0.1, 0.15) is 14.3 Å². The quantitative estimate of drug-likeness (QED) is 0.483. The minimum atomic E-state index is 0. The molecule has 0 bridgehead atoms. The molecule has 1 amide bonds. The van der Waals surface area contributed by atoms with Crippen molar-refractivity contribution >= 4 is 5.91 Å². The summed E-state index contributed by atoms with van der Waals surface area (Å²) in [5, 5.41) is 2.83. The fraction of sp³-hybridized carbons (Fsp3) is 0.833. The van der Waals surface area contributed by atoms with Gasteiger partial charge >= 0.3 is 0 Å². The number of carbonyl (C=O) groups is 1. The van der Waals surface area contributed by atoms with Gasteiger partial charge in [-0.25, -0.2) is 0 Å². The predicted octanol–water partition coefficient (Wildman–Crippen LogP) is 0.388. The molecule has 0 aromatic heterocycles. The topological polar surface area (TPSA) is 29.1 Å². The third-order valence-electron chi connectivity index (χ3n) is 2.08. The van der Waals surface area contributed by atoms with E-state index in [1.54, 1.807) is 0 Å². The second kappa shape index (κ2) is 1.24. The molecule has 1 saturated carbocycles. The van der Waals surface area contributed by atoms with Crippen molar-refractivity contribution in [3.05, 3.63) is 0 Å². The normalized spacial score (nSPS) is 42.8. The minimum Gasteiger partial charge on any atom is -0.356 e. The van der Waals surface area contributed by atoms with Gasteiger partial charge in [0.05, 0.1) is 0 Å². The zero-order chi connectivity index (χ0) is 5.56. The van der Waals surface area contributed by atoms with E-state index in [1.165, 1.54) is 6.42 Å². The highest BCUT2D eigenvalue weighted by atomic mass is 16.1. The Morgan fingerprint density at radius 2 is 2.50 bits per heavy atom. The Kier molecular flexibility index (Phi) is 0.678. The van der Waals surface area contributed by atoms with E-state index in [0.29, 0.717) is 0 Å². The molecule has 2 heteroatoms. The molecule has 2 atom stereocenters. The summed E-state index contributed by atoms with van der Waals surface area (Å²) in [7, 11) is 0. The first-order chi connectivity index (χ1) is 3.86. The fourth-order valence-corrected chi connectivity index (χ4v) is 1.37. The van der Waals surface area contributed by atoms with Crippen molar-refractivity contribution in [3.63, 3.8) is 0 Å². The summed E-state index contributed by atoms with van der Waals surface area (Å²) >= 11 is 0. The van der Waals surface area contributed by atoms with Crippen LogP contribution < -0.4 is 5.32 Å². The van der Waals surface area contributed by atoms with Crippen LogP contribution in [-0.2, 0) is 4.79 Å². The molecule has 0 aromatic rings. The molecule has 1 aliphatic heterocycles. The first-order valence-corrected chi connectivity index (χ1v) is 3.13. The molecule has 1 saturated heterocycles. The molecule has 1 N–H and O–H groups in total. The summed E-state index contributed by atoms with van der Waals surface area (Å²) in [5.74, 6) is 1.88. The van der Waals surface area contributed by atoms with Gasteiger partial charge < -0.3 is 5.32 Å². The van der Waals surface area contributed by atoms with Gasteiger partial charge in [0.25, 0.3) is 0 Å². The fourth-order valence-electron chi connectivity index (χ4n) is 1.37. The second-order valence-electron chi connectivity index (χ2n) is 2.76. The number of rotatable bonds is 0. The first-order valence-electron chi connectivity index (χ1n) is 3.13. The number of piperidine rings is 1. The number of fused-ring (bicyclic) bond motifs is 1. The molecule has 8 heavy (non-hydrogen) atoms. The maximum Gasteiger partial charge on any atom is 0.220 e. The Morgan fingerprint density at radius 1 is 1.62 bits per heavy atom. The standard InChI is InChI=1S/C6H9NO.H2/c8-6-2-4-1-5(4)3-7-6;/h4-5H,1-3H2,(H,7,8);1H. The van der Waals surface area contributed by atoms with E-state index in [1.807, 2.05) is 0 Å². The largest absolute Gasteiger partial charge is 0.356 e. The lowest BCUT2D eigenvalue weighted by molar-refractivity contribution is -0.122. The smallest absolute Gasteiger partial charge is 0.220 e. The maximum atomic E-state index is 10.6. The summed E-state index contributed by atoms with van der Waals surface area (Å²) in [5.41, 5.74) is 0. The lowest BCUT2D eigenvalue weighted by Crippen LogP contribution is -2.30. The van der Waals surface area contributed by atoms with E-state index in [0.717, 1.165) is 24.8 Å². The van der Waals surface area contributed by atoms with Crippen LogP contribution in [-0.4, -0.2) is 12.5 Å². The second-order valence-corrected chi connectivity index (χ2v) is 2.76. The van der Waals surface area contributed by atoms with Gasteiger partial charge in [-0.1, -0.05) is 0 Å². The van der Waals surface area contributed by atoms with Crippen molar-refractivity contribution in [3.8, 4) is 0 Å². The minimum absolute atomic E-state index is 0. The van der Waals surface area contributed by atoms with Crippen LogP contribution in [0.25, 0.3) is 0 Å². The van der Waals surface area contributed by atoms with Crippen molar-refractivity contribution in [1.82, 2.24) is 5.32 Å². The summed E-state index contributed by atoms with van der Waals surface area (Å²) in [6.07, 6.45) is 2.09. The van der Waals surface area contributed by atoms with Gasteiger partial charge in [-0.15, -0.1) is 0 Å². The van der Waals surface area contributed by atoms with Gasteiger partial charge in [-0.3, -0.25) is 4.79 Å². The zero-order valence-electron chi connectivity index (χ0n) is 4.68. The van der Waals surface area contributed by atoms with Crippen LogP contribution in [0.4, 0.5) is 0 Å². The zero-order valence-corrected chi connectivity index (χ0v) is 4.68. The Balaban J connectivity index is 0.000000405. The highest BCUT2D eigenvalue weighted by Gasteiger charge is 2.41. The molecule has 0 radical (unpaired) electrons. The summed E-state index contributed by atoms with van der Waals surface area (Å²) in [6, 6.07) is 0. The highest BCUT2D eigenvalue weighted by molar-refractivity contribution is 5.77. The third-order valence-corrected chi connectivity index (χ3v) is 2.08. The van der Waals surface area contributed by atoms with Crippen LogP contribution in [0.5, 0.6) is 0 Å². The van der Waals surface area contributed by atoms with Gasteiger partial charge in [0, 0.05) is 14.4 Å². The van der Waals surface area contributed by atoms with Crippen LogP contribution >= 0.6 is 0 Å². The van der Waals surface area contributed by atoms with Gasteiger partial charge in [0.15, 0.2) is 0 Å². The molecule has 0 spiro atoms. The van der Waals surface area contributed by atoms with E-state index >= 15 is 0 Å². The van der Waals surface area contributed by atoms with Crippen molar-refractivity contribution in [2.24, 2.45) is 11.8 Å². The summed E-state index contributed by atoms with van der Waals surface area (Å²) in [6.45, 7) is 0.948. The van der Waals surface area contributed by atoms with Gasteiger partial charge in [-0.2, -0.15) is 0 Å². The average Bonchev–Trinajstić information content (AvgIpc) is 2.43. The van der Waals surface area contributed by atoms with E-state index in [9.17, 15) is 4.79 Å². The van der Waals surface area contributed by atoms with Crippen LogP contribution in [0.15, 0.2) is 0 Å². The van der Waals surface area contributed by atoms with Crippen molar-refractivity contribution in [2.45, 2.75) is 12.8 Å². The van der Waals surface area contributed by atoms with Crippen molar-refractivity contribution in [1.29, 1.82) is 0 Å². The summed E-state index contributed by atoms with van der Waals surface area (Å²) < 4.78 is 0. The van der Waals surface area contributed by atoms with E-state index in [2.05, 4.69) is 5.32 Å². The molecular weight excluding hydrogens is 102 g/mol. The van der Waals surface area contributed by atoms with Gasteiger partial charge in [0.2, 0.25) is 5.91 Å². The van der Waals surface area contributed by atoms with Gasteiger partial charge in [0.1, 0.15) is 0 Å². The molecule has 1 heterocycles. The lowest BCUT2D eigenvalue weighted by Gasteiger charge is -2.08. The highest BCUT2D eigenvalue weighted by Crippen LogP contribution is 2.42. The number of hydrogen-bond donors (Lipinski definition) is 1. The molecule has 1 aliphatic carbocycles. The average molecular weight is 113 g/mol. The Morgan fingerprint density at radius 3 is 3.12 bits per heavy atom. The maximum absolute atomic E-state index is 10.6. The van der Waals surface area contributed by atoms with E-state index in [-0.39, 0.29) is 7.33 Å². The number of amides is 1. The summed E-state index contributed by atoms with van der Waals surface area (Å²) in [4.78, 5) is 10.6. The molecule has 2 nitrogen and oxygen atoms in total. The Bertz CT molecular complexity index is 137. The predicted molar refractivity (Wildman–Crippen MR) is 31.3 cm³/mol. The molecule has 0 aromatic carbocycles. The molecule has 46 valence electrons. The SMILES string of the molecule is O=C1CC2CC2CN1.[HH]. The van der Waals surface area contributed by atoms with Crippen LogP contribution in [0.3, 0.4) is 0 Å². The van der Waals surface area contributed by atoms with E-state index < -0.39 is 0 Å². The number of nitrogens with one attached hydrogen (secondary N) is 1. The lowest BCUT2D eigenvalue weighted by atomic mass is 10.2. The molecule has 2 fully saturated rings. The number of hydrogen-bond acceptors (Lipinski definition) is 1. The van der Waals surface area contributed by atoms with E-state index in [4.69, 9.17) is 0 Å². The molecule has 2 unspecified atom stereocenters. The number of carbonyl (C=O) groups excluding carboxylic acids is 1. The molecule has 2 aliphatic rings. The van der Waals surface area contributed by atoms with Crippen molar-refractivity contribution in [2.75, 3.05) is 6.54 Å². The molecular formula is C6H11NO. The van der Waals surface area contributed by atoms with Gasteiger partial charge in [-0.05, 0) is 18.3 Å². The third kappa shape index (κ3) is 0.522. The van der Waals surface area contributed by atoms with Crippen LogP contribution in [0.2, 0.25) is 0 Å². The van der Waals surface area contributed by atoms with Crippen molar-refractivity contribution < 1.29 is 6.22 Å².